The minimum atomic E-state index is -0.707. The summed E-state index contributed by atoms with van der Waals surface area (Å²) < 4.78 is 37.6. The first-order valence-corrected chi connectivity index (χ1v) is 8.68. The van der Waals surface area contributed by atoms with Crippen LogP contribution in [0.1, 0.15) is 18.4 Å². The van der Waals surface area contributed by atoms with Crippen molar-refractivity contribution >= 4 is 0 Å². The van der Waals surface area contributed by atoms with E-state index in [1.165, 1.54) is 12.1 Å². The zero-order valence-corrected chi connectivity index (χ0v) is 14.7. The number of ether oxygens (including phenoxy) is 2. The highest BCUT2D eigenvalue weighted by molar-refractivity contribution is 5.31. The van der Waals surface area contributed by atoms with Crippen LogP contribution in [0.2, 0.25) is 0 Å². The molecule has 26 heavy (non-hydrogen) atoms. The maximum Gasteiger partial charge on any atom is 0.130 e. The van der Waals surface area contributed by atoms with Gasteiger partial charge in [0.05, 0.1) is 7.11 Å². The van der Waals surface area contributed by atoms with Gasteiger partial charge in [-0.15, -0.1) is 0 Å². The summed E-state index contributed by atoms with van der Waals surface area (Å²) in [6.45, 7) is 0.857. The van der Waals surface area contributed by atoms with Crippen molar-refractivity contribution in [3.63, 3.8) is 0 Å². The van der Waals surface area contributed by atoms with E-state index in [1.807, 2.05) is 4.90 Å². The van der Waals surface area contributed by atoms with Crippen LogP contribution in [0.4, 0.5) is 8.78 Å². The number of aliphatic hydroxyl groups is 1. The molecule has 0 heterocycles. The largest absolute Gasteiger partial charge is 0.497 e. The van der Waals surface area contributed by atoms with Crippen LogP contribution in [0.15, 0.2) is 42.5 Å². The molecule has 6 heteroatoms. The van der Waals surface area contributed by atoms with Crippen molar-refractivity contribution in [1.82, 2.24) is 4.90 Å². The van der Waals surface area contributed by atoms with E-state index in [0.717, 1.165) is 24.7 Å². The summed E-state index contributed by atoms with van der Waals surface area (Å²) in [5.41, 5.74) is 0.432. The standard InChI is InChI=1S/C20H23F2NO3/c1-25-18-6-8-19(9-7-18)26-13-17(24)12-23(16-4-5-16)11-14-2-3-15(21)10-20(14)22/h2-3,6-10,16-17,24H,4-5,11-13H2,1H3/t17-/m1/s1. The van der Waals surface area contributed by atoms with Crippen LogP contribution >= 0.6 is 0 Å². The van der Waals surface area contributed by atoms with E-state index in [2.05, 4.69) is 0 Å². The Labute approximate surface area is 152 Å². The Balaban J connectivity index is 1.53. The number of methoxy groups -OCH3 is 1. The normalized spacial score (nSPS) is 15.1. The average Bonchev–Trinajstić information content (AvgIpc) is 3.47. The van der Waals surface area contributed by atoms with Crippen molar-refractivity contribution in [3.05, 3.63) is 59.7 Å². The molecule has 0 saturated heterocycles. The molecule has 1 saturated carbocycles. The molecule has 3 rings (SSSR count). The van der Waals surface area contributed by atoms with Crippen molar-refractivity contribution in [3.8, 4) is 11.5 Å². The highest BCUT2D eigenvalue weighted by Gasteiger charge is 2.31. The molecule has 4 nitrogen and oxygen atoms in total. The van der Waals surface area contributed by atoms with E-state index in [-0.39, 0.29) is 6.61 Å². The Morgan fingerprint density at radius 2 is 1.81 bits per heavy atom. The minimum Gasteiger partial charge on any atom is -0.497 e. The predicted molar refractivity (Wildman–Crippen MR) is 94.3 cm³/mol. The lowest BCUT2D eigenvalue weighted by Gasteiger charge is -2.25. The predicted octanol–water partition coefficient (Wildman–Crippen LogP) is 3.38. The van der Waals surface area contributed by atoms with Crippen molar-refractivity contribution in [2.24, 2.45) is 0 Å². The van der Waals surface area contributed by atoms with Crippen LogP contribution in [0, 0.1) is 11.6 Å². The molecule has 0 aliphatic heterocycles. The maximum atomic E-state index is 13.9. The number of benzene rings is 2. The lowest BCUT2D eigenvalue weighted by molar-refractivity contribution is 0.0622. The van der Waals surface area contributed by atoms with Crippen LogP contribution in [0.25, 0.3) is 0 Å². The Morgan fingerprint density at radius 1 is 1.12 bits per heavy atom. The lowest BCUT2D eigenvalue weighted by Crippen LogP contribution is -2.37. The second-order valence-electron chi connectivity index (χ2n) is 6.54. The first-order valence-electron chi connectivity index (χ1n) is 8.68. The smallest absolute Gasteiger partial charge is 0.130 e. The third-order valence-electron chi connectivity index (χ3n) is 4.40. The van der Waals surface area contributed by atoms with Crippen molar-refractivity contribution < 1.29 is 23.4 Å². The molecule has 0 amide bonds. The quantitative estimate of drug-likeness (QED) is 0.742. The summed E-state index contributed by atoms with van der Waals surface area (Å²) in [7, 11) is 1.59. The van der Waals surface area contributed by atoms with E-state index < -0.39 is 17.7 Å². The van der Waals surface area contributed by atoms with Gasteiger partial charge in [-0.25, -0.2) is 8.78 Å². The summed E-state index contributed by atoms with van der Waals surface area (Å²) in [5.74, 6) is 0.239. The van der Waals surface area contributed by atoms with Gasteiger partial charge in [-0.2, -0.15) is 0 Å². The van der Waals surface area contributed by atoms with Crippen molar-refractivity contribution in [1.29, 1.82) is 0 Å². The molecule has 0 spiro atoms. The molecule has 0 bridgehead atoms. The number of halogens is 2. The van der Waals surface area contributed by atoms with Gasteiger partial charge in [-0.1, -0.05) is 6.07 Å². The van der Waals surface area contributed by atoms with E-state index in [4.69, 9.17) is 9.47 Å². The Kier molecular flexibility index (Phi) is 6.06. The third kappa shape index (κ3) is 5.16. The maximum absolute atomic E-state index is 13.9. The molecule has 1 aliphatic rings. The molecule has 0 aromatic heterocycles. The summed E-state index contributed by atoms with van der Waals surface area (Å²) >= 11 is 0. The van der Waals surface area contributed by atoms with Gasteiger partial charge in [0.2, 0.25) is 0 Å². The molecule has 2 aromatic carbocycles. The van der Waals surface area contributed by atoms with E-state index in [0.29, 0.717) is 30.4 Å². The molecule has 1 atom stereocenters. The molecule has 0 unspecified atom stereocenters. The lowest BCUT2D eigenvalue weighted by atomic mass is 10.2. The first kappa shape index (κ1) is 18.6. The van der Waals surface area contributed by atoms with E-state index >= 15 is 0 Å². The Morgan fingerprint density at radius 3 is 2.42 bits per heavy atom. The Hall–Kier alpha value is -2.18. The number of rotatable bonds is 9. The van der Waals surface area contributed by atoms with Gasteiger partial charge in [0.15, 0.2) is 0 Å². The summed E-state index contributed by atoms with van der Waals surface area (Å²) in [6.07, 6.45) is 1.34. The summed E-state index contributed by atoms with van der Waals surface area (Å²) in [5, 5.41) is 10.3. The topological polar surface area (TPSA) is 41.9 Å². The molecule has 2 aromatic rings. The average molecular weight is 363 g/mol. The monoisotopic (exact) mass is 363 g/mol. The van der Waals surface area contributed by atoms with Gasteiger partial charge < -0.3 is 14.6 Å². The van der Waals surface area contributed by atoms with E-state index in [9.17, 15) is 13.9 Å². The van der Waals surface area contributed by atoms with E-state index in [1.54, 1.807) is 31.4 Å². The fraction of sp³-hybridized carbons (Fsp3) is 0.400. The second-order valence-corrected chi connectivity index (χ2v) is 6.54. The highest BCUT2D eigenvalue weighted by Crippen LogP contribution is 2.29. The van der Waals surface area contributed by atoms with Crippen LogP contribution in [0.5, 0.6) is 11.5 Å². The highest BCUT2D eigenvalue weighted by atomic mass is 19.1. The molecule has 1 fully saturated rings. The van der Waals surface area contributed by atoms with Gasteiger partial charge >= 0.3 is 0 Å². The molecule has 1 aliphatic carbocycles. The minimum absolute atomic E-state index is 0.140. The van der Waals surface area contributed by atoms with Gasteiger partial charge in [-0.3, -0.25) is 4.90 Å². The molecule has 140 valence electrons. The van der Waals surface area contributed by atoms with Crippen LogP contribution in [-0.4, -0.2) is 42.4 Å². The number of aliphatic hydroxyl groups excluding tert-OH is 1. The molecular formula is C20H23F2NO3. The van der Waals surface area contributed by atoms with Gasteiger partial charge in [0.1, 0.15) is 35.8 Å². The summed E-state index contributed by atoms with van der Waals surface area (Å²) in [4.78, 5) is 2.03. The van der Waals surface area contributed by atoms with Gasteiger partial charge in [0.25, 0.3) is 0 Å². The number of hydrogen-bond donors (Lipinski definition) is 1. The fourth-order valence-electron chi connectivity index (χ4n) is 2.84. The zero-order chi connectivity index (χ0) is 18.5. The summed E-state index contributed by atoms with van der Waals surface area (Å²) in [6, 6.07) is 11.1. The second kappa shape index (κ2) is 8.47. The van der Waals surface area contributed by atoms with Crippen LogP contribution in [0.3, 0.4) is 0 Å². The van der Waals surface area contributed by atoms with Gasteiger partial charge in [0, 0.05) is 30.8 Å². The van der Waals surface area contributed by atoms with Crippen molar-refractivity contribution in [2.45, 2.75) is 31.5 Å². The fourth-order valence-corrected chi connectivity index (χ4v) is 2.84. The number of hydrogen-bond acceptors (Lipinski definition) is 4. The third-order valence-corrected chi connectivity index (χ3v) is 4.40. The molecule has 1 N–H and O–H groups in total. The first-order chi connectivity index (χ1) is 12.5. The van der Waals surface area contributed by atoms with Gasteiger partial charge in [-0.05, 0) is 43.2 Å². The zero-order valence-electron chi connectivity index (χ0n) is 14.7. The molecular weight excluding hydrogens is 340 g/mol. The van der Waals surface area contributed by atoms with Crippen molar-refractivity contribution in [2.75, 3.05) is 20.3 Å². The number of nitrogens with zero attached hydrogens (tertiary/aromatic N) is 1. The van der Waals surface area contributed by atoms with Crippen LogP contribution < -0.4 is 9.47 Å². The molecule has 0 radical (unpaired) electrons. The van der Waals surface area contributed by atoms with Crippen LogP contribution in [-0.2, 0) is 6.54 Å². The Bertz CT molecular complexity index is 719. The SMILES string of the molecule is COc1ccc(OC[C@H](O)CN(Cc2ccc(F)cc2F)C2CC2)cc1.